The molecule has 0 radical (unpaired) electrons. The van der Waals surface area contributed by atoms with Crippen LogP contribution < -0.4 is 5.32 Å². The average Bonchev–Trinajstić information content (AvgIpc) is 3.30. The van der Waals surface area contributed by atoms with E-state index in [1.807, 2.05) is 52.0 Å². The highest BCUT2D eigenvalue weighted by molar-refractivity contribution is 6.05. The van der Waals surface area contributed by atoms with Crippen LogP contribution in [0.2, 0.25) is 0 Å². The van der Waals surface area contributed by atoms with Gasteiger partial charge < -0.3 is 15.0 Å². The number of halogens is 1. The number of hydrogen-bond acceptors (Lipinski definition) is 6. The summed E-state index contributed by atoms with van der Waals surface area (Å²) in [6, 6.07) is 10.6. The van der Waals surface area contributed by atoms with Crippen LogP contribution in [-0.4, -0.2) is 50.3 Å². The summed E-state index contributed by atoms with van der Waals surface area (Å²) in [5, 5.41) is 18.1. The Balaban J connectivity index is 1.65. The molecule has 2 amide bonds. The quantitative estimate of drug-likeness (QED) is 0.344. The van der Waals surface area contributed by atoms with Crippen LogP contribution in [0.25, 0.3) is 5.69 Å². The summed E-state index contributed by atoms with van der Waals surface area (Å²) in [6.07, 6.45) is 2.15. The van der Waals surface area contributed by atoms with Crippen molar-refractivity contribution in [1.82, 2.24) is 14.7 Å². The van der Waals surface area contributed by atoms with Crippen LogP contribution in [0.15, 0.2) is 48.7 Å². The van der Waals surface area contributed by atoms with Crippen molar-refractivity contribution in [2.75, 3.05) is 18.4 Å². The first kappa shape index (κ1) is 26.8. The smallest absolute Gasteiger partial charge is 0.410 e. The Morgan fingerprint density at radius 3 is 2.50 bits per heavy atom. The van der Waals surface area contributed by atoms with Crippen molar-refractivity contribution in [2.24, 2.45) is 0 Å². The number of aromatic nitrogens is 2. The van der Waals surface area contributed by atoms with Crippen molar-refractivity contribution < 1.29 is 23.6 Å². The molecule has 0 saturated carbocycles. The first-order valence-corrected chi connectivity index (χ1v) is 12.3. The molecule has 1 N–H and O–H groups in total. The molecular formula is C27H30FN5O5. The van der Waals surface area contributed by atoms with Gasteiger partial charge in [-0.1, -0.05) is 12.1 Å². The van der Waals surface area contributed by atoms with Gasteiger partial charge in [0.2, 0.25) is 0 Å². The number of ether oxygens (including phenoxy) is 1. The highest BCUT2D eigenvalue weighted by atomic mass is 19.1. The predicted molar refractivity (Wildman–Crippen MR) is 139 cm³/mol. The number of nitro benzene ring substituents is 1. The summed E-state index contributed by atoms with van der Waals surface area (Å²) < 4.78 is 21.6. The van der Waals surface area contributed by atoms with Gasteiger partial charge in [-0.3, -0.25) is 14.9 Å². The van der Waals surface area contributed by atoms with Crippen molar-refractivity contribution >= 4 is 23.4 Å². The number of nitrogens with one attached hydrogen (secondary N) is 1. The van der Waals surface area contributed by atoms with E-state index >= 15 is 0 Å². The molecule has 0 aliphatic carbocycles. The zero-order valence-electron chi connectivity index (χ0n) is 21.7. The minimum atomic E-state index is -0.790. The standard InChI is InChI=1S/C27H30FN5O5/c1-17-6-5-7-19(14-17)32-24(18-10-12-31(13-11-18)26(35)38-27(2,3)4)21(16-29-32)25(34)30-23-15-20(33(36)37)8-9-22(23)28/h5-9,14-16,18H,10-13H2,1-4H3,(H,30,34). The zero-order valence-corrected chi connectivity index (χ0v) is 21.7. The lowest BCUT2D eigenvalue weighted by Gasteiger charge is -2.34. The number of carbonyl (C=O) groups excluding carboxylic acids is 2. The highest BCUT2D eigenvalue weighted by Gasteiger charge is 2.32. The minimum absolute atomic E-state index is 0.132. The largest absolute Gasteiger partial charge is 0.444 e. The molecule has 11 heteroatoms. The van der Waals surface area contributed by atoms with E-state index < -0.39 is 22.2 Å². The molecule has 1 aliphatic heterocycles. The van der Waals surface area contributed by atoms with Crippen molar-refractivity contribution in [3.05, 3.63) is 81.4 Å². The van der Waals surface area contributed by atoms with Gasteiger partial charge in [0.15, 0.2) is 0 Å². The maximum absolute atomic E-state index is 14.4. The third-order valence-electron chi connectivity index (χ3n) is 6.24. The molecule has 200 valence electrons. The fourth-order valence-corrected chi connectivity index (χ4v) is 4.47. The number of piperidine rings is 1. The molecular weight excluding hydrogens is 493 g/mol. The SMILES string of the molecule is Cc1cccc(-n2ncc(C(=O)Nc3cc([N+](=O)[O-])ccc3F)c2C2CCN(C(=O)OC(C)(C)C)CC2)c1. The van der Waals surface area contributed by atoms with E-state index in [1.54, 1.807) is 9.58 Å². The number of likely N-dealkylation sites (tertiary alicyclic amines) is 1. The zero-order chi connectivity index (χ0) is 27.6. The van der Waals surface area contributed by atoms with Crippen LogP contribution in [-0.2, 0) is 4.74 Å². The lowest BCUT2D eigenvalue weighted by atomic mass is 9.90. The molecule has 1 fully saturated rings. The first-order chi connectivity index (χ1) is 17.9. The molecule has 3 aromatic rings. The van der Waals surface area contributed by atoms with Gasteiger partial charge in [0.25, 0.3) is 11.6 Å². The monoisotopic (exact) mass is 523 g/mol. The molecule has 38 heavy (non-hydrogen) atoms. The summed E-state index contributed by atoms with van der Waals surface area (Å²) in [6.45, 7) is 8.25. The lowest BCUT2D eigenvalue weighted by molar-refractivity contribution is -0.384. The first-order valence-electron chi connectivity index (χ1n) is 12.3. The molecule has 0 bridgehead atoms. The molecule has 0 spiro atoms. The van der Waals surface area contributed by atoms with Crippen LogP contribution in [0.5, 0.6) is 0 Å². The number of rotatable bonds is 5. The number of anilines is 1. The van der Waals surface area contributed by atoms with E-state index in [4.69, 9.17) is 4.74 Å². The highest BCUT2D eigenvalue weighted by Crippen LogP contribution is 2.33. The molecule has 1 aliphatic rings. The second kappa shape index (κ2) is 10.6. The van der Waals surface area contributed by atoms with Gasteiger partial charge in [0, 0.05) is 31.1 Å². The number of amides is 2. The van der Waals surface area contributed by atoms with Crippen LogP contribution in [0.4, 0.5) is 20.6 Å². The van der Waals surface area contributed by atoms with Gasteiger partial charge in [0.05, 0.1) is 33.8 Å². The Labute approximate surface area is 219 Å². The van der Waals surface area contributed by atoms with Crippen molar-refractivity contribution in [1.29, 1.82) is 0 Å². The Morgan fingerprint density at radius 2 is 1.87 bits per heavy atom. The third kappa shape index (κ3) is 5.99. The van der Waals surface area contributed by atoms with Gasteiger partial charge in [-0.05, 0) is 64.3 Å². The minimum Gasteiger partial charge on any atom is -0.444 e. The second-order valence-electron chi connectivity index (χ2n) is 10.3. The number of hydrogen-bond donors (Lipinski definition) is 1. The van der Waals surface area contributed by atoms with Crippen LogP contribution in [0.3, 0.4) is 0 Å². The van der Waals surface area contributed by atoms with E-state index in [-0.39, 0.29) is 28.9 Å². The molecule has 2 heterocycles. The number of benzene rings is 2. The molecule has 0 atom stereocenters. The average molecular weight is 524 g/mol. The maximum Gasteiger partial charge on any atom is 0.410 e. The van der Waals surface area contributed by atoms with Crippen LogP contribution >= 0.6 is 0 Å². The number of aryl methyl sites for hydroxylation is 1. The summed E-state index contributed by atoms with van der Waals surface area (Å²) in [4.78, 5) is 38.1. The van der Waals surface area contributed by atoms with Gasteiger partial charge in [-0.25, -0.2) is 13.9 Å². The van der Waals surface area contributed by atoms with Crippen LogP contribution in [0.1, 0.15) is 61.1 Å². The normalized spacial score (nSPS) is 14.3. The van der Waals surface area contributed by atoms with Crippen molar-refractivity contribution in [3.8, 4) is 5.69 Å². The summed E-state index contributed by atoms with van der Waals surface area (Å²) in [7, 11) is 0. The molecule has 0 unspecified atom stereocenters. The van der Waals surface area contributed by atoms with E-state index in [2.05, 4.69) is 10.4 Å². The van der Waals surface area contributed by atoms with E-state index in [1.165, 1.54) is 6.20 Å². The summed E-state index contributed by atoms with van der Waals surface area (Å²) >= 11 is 0. The fourth-order valence-electron chi connectivity index (χ4n) is 4.47. The van der Waals surface area contributed by atoms with Gasteiger partial charge >= 0.3 is 6.09 Å². The number of carbonyl (C=O) groups is 2. The Hall–Kier alpha value is -4.28. The van der Waals surface area contributed by atoms with E-state index in [0.29, 0.717) is 31.6 Å². The van der Waals surface area contributed by atoms with Gasteiger partial charge in [0.1, 0.15) is 11.4 Å². The topological polar surface area (TPSA) is 120 Å². The van der Waals surface area contributed by atoms with E-state index in [0.717, 1.165) is 29.4 Å². The van der Waals surface area contributed by atoms with Crippen LogP contribution in [0, 0.1) is 22.9 Å². The lowest BCUT2D eigenvalue weighted by Crippen LogP contribution is -2.41. The predicted octanol–water partition coefficient (Wildman–Crippen LogP) is 5.59. The Bertz CT molecular complexity index is 1370. The summed E-state index contributed by atoms with van der Waals surface area (Å²) in [5.74, 6) is -1.55. The number of nitrogens with zero attached hydrogens (tertiary/aromatic N) is 4. The van der Waals surface area contributed by atoms with Crippen molar-refractivity contribution in [3.63, 3.8) is 0 Å². The molecule has 2 aromatic carbocycles. The molecule has 1 aromatic heterocycles. The number of non-ortho nitro benzene ring substituents is 1. The molecule has 10 nitrogen and oxygen atoms in total. The Kier molecular flexibility index (Phi) is 7.47. The van der Waals surface area contributed by atoms with Gasteiger partial charge in [-0.2, -0.15) is 5.10 Å². The molecule has 1 saturated heterocycles. The Morgan fingerprint density at radius 1 is 1.16 bits per heavy atom. The maximum atomic E-state index is 14.4. The van der Waals surface area contributed by atoms with Gasteiger partial charge in [-0.15, -0.1) is 0 Å². The second-order valence-corrected chi connectivity index (χ2v) is 10.3. The third-order valence-corrected chi connectivity index (χ3v) is 6.24. The molecule has 4 rings (SSSR count). The van der Waals surface area contributed by atoms with Crippen molar-refractivity contribution in [2.45, 2.75) is 52.1 Å². The number of nitro groups is 1. The van der Waals surface area contributed by atoms with E-state index in [9.17, 15) is 24.1 Å². The fraction of sp³-hybridized carbons (Fsp3) is 0.370. The summed E-state index contributed by atoms with van der Waals surface area (Å²) in [5.41, 5.74) is 1.38.